The summed E-state index contributed by atoms with van der Waals surface area (Å²) in [6.45, 7) is 0. The fraction of sp³-hybridized carbons (Fsp3) is 0.375. The molecule has 1 heterocycles. The first kappa shape index (κ1) is 9.85. The lowest BCUT2D eigenvalue weighted by Crippen LogP contribution is -2.20. The largest absolute Gasteiger partial charge is 0.398 e. The number of anilines is 1. The number of hydrogen-bond acceptors (Lipinski definition) is 3. The van der Waals surface area contributed by atoms with Crippen molar-refractivity contribution in [3.05, 3.63) is 24.0 Å². The fourth-order valence-corrected chi connectivity index (χ4v) is 0.923. The van der Waals surface area contributed by atoms with Crippen LogP contribution in [0.1, 0.15) is 5.56 Å². The molecule has 0 radical (unpaired) electrons. The standard InChI is InChI=1S/C8H10F2N2O/c9-8(10)7(13)3-5-4-12-2-1-6(5)11/h1-2,4,7-8,13H,3H2,(H2,11,12). The Morgan fingerprint density at radius 1 is 1.54 bits per heavy atom. The first-order chi connectivity index (χ1) is 6.11. The highest BCUT2D eigenvalue weighted by molar-refractivity contribution is 5.44. The third kappa shape index (κ3) is 2.62. The van der Waals surface area contributed by atoms with Crippen molar-refractivity contribution in [2.45, 2.75) is 19.0 Å². The van der Waals surface area contributed by atoms with Crippen molar-refractivity contribution in [2.24, 2.45) is 0 Å². The van der Waals surface area contributed by atoms with Gasteiger partial charge in [0.2, 0.25) is 0 Å². The number of aromatic nitrogens is 1. The van der Waals surface area contributed by atoms with Crippen LogP contribution < -0.4 is 5.73 Å². The second-order valence-corrected chi connectivity index (χ2v) is 2.68. The molecule has 1 atom stereocenters. The van der Waals surface area contributed by atoms with Crippen molar-refractivity contribution in [3.8, 4) is 0 Å². The number of nitrogens with two attached hydrogens (primary N) is 1. The van der Waals surface area contributed by atoms with Gasteiger partial charge in [0, 0.05) is 24.5 Å². The molecule has 0 amide bonds. The van der Waals surface area contributed by atoms with Gasteiger partial charge in [-0.3, -0.25) is 4.98 Å². The maximum absolute atomic E-state index is 11.9. The summed E-state index contributed by atoms with van der Waals surface area (Å²) in [6, 6.07) is 1.51. The molecule has 3 N–H and O–H groups in total. The molecule has 0 aliphatic rings. The molecule has 0 saturated heterocycles. The van der Waals surface area contributed by atoms with E-state index in [0.717, 1.165) is 0 Å². The molecule has 3 nitrogen and oxygen atoms in total. The van der Waals surface area contributed by atoms with Gasteiger partial charge >= 0.3 is 0 Å². The van der Waals surface area contributed by atoms with E-state index in [0.29, 0.717) is 11.3 Å². The summed E-state index contributed by atoms with van der Waals surface area (Å²) in [5.41, 5.74) is 6.28. The Morgan fingerprint density at radius 3 is 2.77 bits per heavy atom. The molecule has 0 bridgehead atoms. The van der Waals surface area contributed by atoms with Gasteiger partial charge < -0.3 is 10.8 Å². The van der Waals surface area contributed by atoms with E-state index in [1.807, 2.05) is 0 Å². The number of rotatable bonds is 3. The van der Waals surface area contributed by atoms with E-state index >= 15 is 0 Å². The highest BCUT2D eigenvalue weighted by Crippen LogP contribution is 2.14. The average Bonchev–Trinajstić information content (AvgIpc) is 2.08. The van der Waals surface area contributed by atoms with Gasteiger partial charge in [0.1, 0.15) is 6.10 Å². The summed E-state index contributed by atoms with van der Waals surface area (Å²) in [5.74, 6) is 0. The molecular weight excluding hydrogens is 178 g/mol. The molecule has 1 unspecified atom stereocenters. The molecule has 72 valence electrons. The van der Waals surface area contributed by atoms with Crippen LogP contribution in [0.2, 0.25) is 0 Å². The van der Waals surface area contributed by atoms with Gasteiger partial charge in [-0.15, -0.1) is 0 Å². The Hall–Kier alpha value is -1.23. The van der Waals surface area contributed by atoms with Crippen LogP contribution in [-0.2, 0) is 6.42 Å². The zero-order valence-electron chi connectivity index (χ0n) is 6.82. The maximum Gasteiger partial charge on any atom is 0.264 e. The van der Waals surface area contributed by atoms with Gasteiger partial charge in [0.25, 0.3) is 6.43 Å². The molecule has 0 aliphatic heterocycles. The minimum absolute atomic E-state index is 0.169. The third-order valence-electron chi connectivity index (χ3n) is 1.66. The highest BCUT2D eigenvalue weighted by Gasteiger charge is 2.18. The summed E-state index contributed by atoms with van der Waals surface area (Å²) in [4.78, 5) is 3.72. The molecule has 1 aromatic rings. The number of aliphatic hydroxyl groups is 1. The lowest BCUT2D eigenvalue weighted by atomic mass is 10.1. The average molecular weight is 188 g/mol. The number of aliphatic hydroxyl groups excluding tert-OH is 1. The van der Waals surface area contributed by atoms with Crippen molar-refractivity contribution >= 4 is 5.69 Å². The summed E-state index contributed by atoms with van der Waals surface area (Å²) in [7, 11) is 0. The molecule has 0 fully saturated rings. The van der Waals surface area contributed by atoms with Crippen molar-refractivity contribution < 1.29 is 13.9 Å². The molecule has 0 aromatic carbocycles. The first-order valence-corrected chi connectivity index (χ1v) is 3.76. The van der Waals surface area contributed by atoms with Gasteiger partial charge in [-0.25, -0.2) is 8.78 Å². The number of nitrogens with zero attached hydrogens (tertiary/aromatic N) is 1. The molecule has 0 saturated carbocycles. The van der Waals surface area contributed by atoms with Crippen molar-refractivity contribution in [3.63, 3.8) is 0 Å². The minimum atomic E-state index is -2.75. The lowest BCUT2D eigenvalue weighted by molar-refractivity contribution is -0.00360. The molecule has 1 aromatic heterocycles. The van der Waals surface area contributed by atoms with E-state index in [-0.39, 0.29) is 6.42 Å². The van der Waals surface area contributed by atoms with Crippen LogP contribution >= 0.6 is 0 Å². The van der Waals surface area contributed by atoms with Gasteiger partial charge in [-0.05, 0) is 11.6 Å². The highest BCUT2D eigenvalue weighted by atomic mass is 19.3. The molecule has 5 heteroatoms. The van der Waals surface area contributed by atoms with Crippen LogP contribution in [0.3, 0.4) is 0 Å². The first-order valence-electron chi connectivity index (χ1n) is 3.76. The van der Waals surface area contributed by atoms with Crippen LogP contribution in [0.4, 0.5) is 14.5 Å². The van der Waals surface area contributed by atoms with Gasteiger partial charge in [0.15, 0.2) is 0 Å². The van der Waals surface area contributed by atoms with Crippen LogP contribution in [0.15, 0.2) is 18.5 Å². The second kappa shape index (κ2) is 4.13. The summed E-state index contributed by atoms with van der Waals surface area (Å²) in [5, 5.41) is 8.87. The summed E-state index contributed by atoms with van der Waals surface area (Å²) < 4.78 is 23.9. The SMILES string of the molecule is Nc1ccncc1CC(O)C(F)F. The lowest BCUT2D eigenvalue weighted by Gasteiger charge is -2.10. The van der Waals surface area contributed by atoms with E-state index < -0.39 is 12.5 Å². The molecular formula is C8H10F2N2O. The molecule has 0 aliphatic carbocycles. The van der Waals surface area contributed by atoms with Crippen LogP contribution in [0.25, 0.3) is 0 Å². The van der Waals surface area contributed by atoms with Crippen molar-refractivity contribution in [1.29, 1.82) is 0 Å². The van der Waals surface area contributed by atoms with Crippen LogP contribution in [0, 0.1) is 0 Å². The molecule has 0 spiro atoms. The predicted octanol–water partition coefficient (Wildman–Crippen LogP) is 0.832. The topological polar surface area (TPSA) is 59.1 Å². The number of nitrogen functional groups attached to an aromatic ring is 1. The number of alkyl halides is 2. The van der Waals surface area contributed by atoms with E-state index in [1.165, 1.54) is 18.5 Å². The Bertz CT molecular complexity index is 281. The second-order valence-electron chi connectivity index (χ2n) is 2.68. The Balaban J connectivity index is 2.69. The Kier molecular flexibility index (Phi) is 3.13. The fourth-order valence-electron chi connectivity index (χ4n) is 0.923. The van der Waals surface area contributed by atoms with Gasteiger partial charge in [0.05, 0.1) is 0 Å². The summed E-state index contributed by atoms with van der Waals surface area (Å²) >= 11 is 0. The molecule has 1 rings (SSSR count). The van der Waals surface area contributed by atoms with E-state index in [4.69, 9.17) is 10.8 Å². The van der Waals surface area contributed by atoms with Crippen LogP contribution in [-0.4, -0.2) is 22.6 Å². The minimum Gasteiger partial charge on any atom is -0.398 e. The zero-order valence-corrected chi connectivity index (χ0v) is 6.82. The normalized spacial score (nSPS) is 13.2. The van der Waals surface area contributed by atoms with Gasteiger partial charge in [-0.1, -0.05) is 0 Å². The van der Waals surface area contributed by atoms with Crippen molar-refractivity contribution in [2.75, 3.05) is 5.73 Å². The van der Waals surface area contributed by atoms with E-state index in [1.54, 1.807) is 0 Å². The van der Waals surface area contributed by atoms with Crippen LogP contribution in [0.5, 0.6) is 0 Å². The quantitative estimate of drug-likeness (QED) is 0.738. The van der Waals surface area contributed by atoms with E-state index in [9.17, 15) is 8.78 Å². The maximum atomic E-state index is 11.9. The van der Waals surface area contributed by atoms with Crippen molar-refractivity contribution in [1.82, 2.24) is 4.98 Å². The smallest absolute Gasteiger partial charge is 0.264 e. The van der Waals surface area contributed by atoms with Gasteiger partial charge in [-0.2, -0.15) is 0 Å². The Labute approximate surface area is 74.2 Å². The Morgan fingerprint density at radius 2 is 2.23 bits per heavy atom. The molecule has 13 heavy (non-hydrogen) atoms. The summed E-state index contributed by atoms with van der Waals surface area (Å²) in [6.07, 6.45) is -1.75. The zero-order chi connectivity index (χ0) is 9.84. The third-order valence-corrected chi connectivity index (χ3v) is 1.66. The van der Waals surface area contributed by atoms with E-state index in [2.05, 4.69) is 4.98 Å². The number of hydrogen-bond donors (Lipinski definition) is 2. The number of halogens is 2. The predicted molar refractivity (Wildman–Crippen MR) is 44.4 cm³/mol. The number of pyridine rings is 1. The monoisotopic (exact) mass is 188 g/mol.